The summed E-state index contributed by atoms with van der Waals surface area (Å²) < 4.78 is 76.8. The summed E-state index contributed by atoms with van der Waals surface area (Å²) in [5, 5.41) is 4.62. The fraction of sp³-hybridized carbons (Fsp3) is 0.182. The number of nitrogens with one attached hydrogen (secondary N) is 1. The van der Waals surface area contributed by atoms with Crippen LogP contribution in [0.15, 0.2) is 28.7 Å². The minimum Gasteiger partial charge on any atom is -0.272 e. The van der Waals surface area contributed by atoms with Crippen LogP contribution in [0.5, 0.6) is 0 Å². The van der Waals surface area contributed by atoms with Gasteiger partial charge in [0.15, 0.2) is 5.69 Å². The molecule has 0 radical (unpaired) electrons. The molecule has 2 nitrogen and oxygen atoms in total. The summed E-state index contributed by atoms with van der Waals surface area (Å²) in [5.74, 6) is 0. The largest absolute Gasteiger partial charge is 0.433 e. The van der Waals surface area contributed by atoms with Crippen LogP contribution in [0.1, 0.15) is 11.3 Å². The second-order valence-corrected chi connectivity index (χ2v) is 4.65. The van der Waals surface area contributed by atoms with Crippen molar-refractivity contribution in [3.63, 3.8) is 0 Å². The lowest BCUT2D eigenvalue weighted by atomic mass is 10.1. The number of benzene rings is 1. The minimum atomic E-state index is -5.18. The lowest BCUT2D eigenvalue weighted by Gasteiger charge is -2.12. The van der Waals surface area contributed by atoms with Gasteiger partial charge in [-0.2, -0.15) is 31.4 Å². The fourth-order valence-electron chi connectivity index (χ4n) is 1.67. The normalized spacial score (nSPS) is 12.8. The van der Waals surface area contributed by atoms with Gasteiger partial charge < -0.3 is 0 Å². The smallest absolute Gasteiger partial charge is 0.272 e. The molecular weight excluding hydrogens is 354 g/mol. The molecular formula is C11H5BrF6N2. The average molecular weight is 359 g/mol. The van der Waals surface area contributed by atoms with Crippen molar-refractivity contribution in [1.82, 2.24) is 10.2 Å². The molecule has 108 valence electrons. The molecule has 1 aromatic heterocycles. The third-order valence-corrected chi connectivity index (χ3v) is 3.15. The minimum absolute atomic E-state index is 0.0772. The Bertz CT molecular complexity index is 629. The molecule has 0 atom stereocenters. The van der Waals surface area contributed by atoms with Crippen molar-refractivity contribution >= 4 is 15.9 Å². The van der Waals surface area contributed by atoms with Crippen LogP contribution >= 0.6 is 15.9 Å². The lowest BCUT2D eigenvalue weighted by molar-refractivity contribution is -0.163. The summed E-state index contributed by atoms with van der Waals surface area (Å²) in [4.78, 5) is 0. The molecule has 20 heavy (non-hydrogen) atoms. The molecule has 0 spiro atoms. The summed E-state index contributed by atoms with van der Waals surface area (Å²) in [7, 11) is 0. The molecule has 0 unspecified atom stereocenters. The Hall–Kier alpha value is -1.51. The third-order valence-electron chi connectivity index (χ3n) is 2.46. The van der Waals surface area contributed by atoms with Gasteiger partial charge in [-0.1, -0.05) is 34.1 Å². The first-order valence-electron chi connectivity index (χ1n) is 5.10. The SMILES string of the molecule is FC(F)(F)c1[nH]nc(-c2ccccc2Br)c1C(F)(F)F. The number of halogens is 7. The number of hydrogen-bond acceptors (Lipinski definition) is 1. The maximum Gasteiger partial charge on any atom is 0.433 e. The van der Waals surface area contributed by atoms with Gasteiger partial charge in [-0.25, -0.2) is 0 Å². The summed E-state index contributed by atoms with van der Waals surface area (Å²) in [5.41, 5.74) is -4.60. The Kier molecular flexibility index (Phi) is 3.57. The monoisotopic (exact) mass is 358 g/mol. The Morgan fingerprint density at radius 1 is 0.950 bits per heavy atom. The molecule has 0 amide bonds. The predicted molar refractivity (Wildman–Crippen MR) is 61.7 cm³/mol. The zero-order valence-electron chi connectivity index (χ0n) is 9.40. The van der Waals surface area contributed by atoms with Crippen molar-refractivity contribution in [2.45, 2.75) is 12.4 Å². The van der Waals surface area contributed by atoms with Gasteiger partial charge in [0.05, 0.1) is 0 Å². The van der Waals surface area contributed by atoms with Gasteiger partial charge in [-0.15, -0.1) is 0 Å². The number of alkyl halides is 6. The van der Waals surface area contributed by atoms with Crippen LogP contribution in [0.25, 0.3) is 11.3 Å². The molecule has 1 heterocycles. The maximum absolute atomic E-state index is 12.9. The van der Waals surface area contributed by atoms with Gasteiger partial charge >= 0.3 is 12.4 Å². The summed E-state index contributed by atoms with van der Waals surface area (Å²) in [6.07, 6.45) is -10.3. The number of nitrogens with zero attached hydrogens (tertiary/aromatic N) is 1. The first-order valence-corrected chi connectivity index (χ1v) is 5.89. The van der Waals surface area contributed by atoms with Gasteiger partial charge in [0, 0.05) is 10.0 Å². The molecule has 1 aromatic carbocycles. The van der Waals surface area contributed by atoms with E-state index in [9.17, 15) is 26.3 Å². The van der Waals surface area contributed by atoms with E-state index in [-0.39, 0.29) is 10.0 Å². The van der Waals surface area contributed by atoms with Gasteiger partial charge in [0.1, 0.15) is 11.3 Å². The number of H-pyrrole nitrogens is 1. The highest BCUT2D eigenvalue weighted by atomic mass is 79.9. The van der Waals surface area contributed by atoms with E-state index >= 15 is 0 Å². The lowest BCUT2D eigenvalue weighted by Crippen LogP contribution is -2.16. The highest BCUT2D eigenvalue weighted by molar-refractivity contribution is 9.10. The molecule has 0 saturated carbocycles. The summed E-state index contributed by atoms with van der Waals surface area (Å²) in [6.45, 7) is 0. The van der Waals surface area contributed by atoms with E-state index in [1.807, 2.05) is 0 Å². The van der Waals surface area contributed by atoms with E-state index in [1.54, 1.807) is 0 Å². The molecule has 0 fully saturated rings. The van der Waals surface area contributed by atoms with Crippen molar-refractivity contribution in [3.8, 4) is 11.3 Å². The van der Waals surface area contributed by atoms with E-state index in [0.29, 0.717) is 0 Å². The van der Waals surface area contributed by atoms with Gasteiger partial charge in [-0.05, 0) is 6.07 Å². The number of rotatable bonds is 1. The molecule has 0 bridgehead atoms. The number of aromatic nitrogens is 2. The Labute approximate surface area is 116 Å². The second kappa shape index (κ2) is 4.80. The first kappa shape index (κ1) is 14.9. The van der Waals surface area contributed by atoms with Crippen molar-refractivity contribution in [3.05, 3.63) is 40.0 Å². The molecule has 9 heteroatoms. The Morgan fingerprint density at radius 3 is 2.05 bits per heavy atom. The van der Waals surface area contributed by atoms with E-state index in [1.165, 1.54) is 29.4 Å². The zero-order chi connectivity index (χ0) is 15.1. The van der Waals surface area contributed by atoms with Crippen molar-refractivity contribution in [1.29, 1.82) is 0 Å². The molecule has 0 saturated heterocycles. The Balaban J connectivity index is 2.74. The highest BCUT2D eigenvalue weighted by Crippen LogP contribution is 2.44. The van der Waals surface area contributed by atoms with E-state index in [0.717, 1.165) is 0 Å². The fourth-order valence-corrected chi connectivity index (χ4v) is 2.14. The number of aromatic amines is 1. The van der Waals surface area contributed by atoms with Crippen molar-refractivity contribution < 1.29 is 26.3 Å². The van der Waals surface area contributed by atoms with Gasteiger partial charge in [-0.3, -0.25) is 5.10 Å². The van der Waals surface area contributed by atoms with Crippen molar-refractivity contribution in [2.75, 3.05) is 0 Å². The summed E-state index contributed by atoms with van der Waals surface area (Å²) >= 11 is 2.99. The highest BCUT2D eigenvalue weighted by Gasteiger charge is 2.47. The quantitative estimate of drug-likeness (QED) is 0.723. The zero-order valence-corrected chi connectivity index (χ0v) is 11.0. The number of hydrogen-bond donors (Lipinski definition) is 1. The second-order valence-electron chi connectivity index (χ2n) is 3.80. The van der Waals surface area contributed by atoms with Crippen LogP contribution in [0, 0.1) is 0 Å². The molecule has 1 N–H and O–H groups in total. The maximum atomic E-state index is 12.9. The van der Waals surface area contributed by atoms with Crippen LogP contribution in [0.2, 0.25) is 0 Å². The van der Waals surface area contributed by atoms with Crippen LogP contribution in [-0.4, -0.2) is 10.2 Å². The molecule has 2 rings (SSSR count). The molecule has 0 aliphatic heterocycles. The topological polar surface area (TPSA) is 28.7 Å². The van der Waals surface area contributed by atoms with E-state index in [2.05, 4.69) is 21.0 Å². The molecule has 0 aliphatic carbocycles. The molecule has 0 aliphatic rings. The van der Waals surface area contributed by atoms with Crippen LogP contribution in [0.3, 0.4) is 0 Å². The van der Waals surface area contributed by atoms with Crippen LogP contribution in [0.4, 0.5) is 26.3 Å². The van der Waals surface area contributed by atoms with Crippen LogP contribution < -0.4 is 0 Å². The van der Waals surface area contributed by atoms with Crippen LogP contribution in [-0.2, 0) is 12.4 Å². The van der Waals surface area contributed by atoms with Crippen molar-refractivity contribution in [2.24, 2.45) is 0 Å². The van der Waals surface area contributed by atoms with Gasteiger partial charge in [0.2, 0.25) is 0 Å². The summed E-state index contributed by atoms with van der Waals surface area (Å²) in [6, 6.07) is 5.59. The average Bonchev–Trinajstić information content (AvgIpc) is 2.73. The first-order chi connectivity index (χ1) is 9.12. The van der Waals surface area contributed by atoms with E-state index in [4.69, 9.17) is 0 Å². The molecule has 2 aromatic rings. The standard InChI is InChI=1S/C11H5BrF6N2/c12-6-4-2-1-3-5(6)8-7(10(13,14)15)9(20-19-8)11(16,17)18/h1-4H,(H,19,20). The predicted octanol–water partition coefficient (Wildman–Crippen LogP) is 4.88. The van der Waals surface area contributed by atoms with E-state index < -0.39 is 29.3 Å². The van der Waals surface area contributed by atoms with Gasteiger partial charge in [0.25, 0.3) is 0 Å². The Morgan fingerprint density at radius 2 is 1.55 bits per heavy atom. The third kappa shape index (κ3) is 2.67.